The van der Waals surface area contributed by atoms with Crippen molar-refractivity contribution in [3.63, 3.8) is 0 Å². The van der Waals surface area contributed by atoms with Gasteiger partial charge in [0.1, 0.15) is 5.75 Å². The van der Waals surface area contributed by atoms with Gasteiger partial charge < -0.3 is 9.84 Å². The first-order valence-corrected chi connectivity index (χ1v) is 8.65. The number of para-hydroxylation sites is 1. The Bertz CT molecular complexity index is 746. The third-order valence-corrected chi connectivity index (χ3v) is 4.47. The van der Waals surface area contributed by atoms with Crippen LogP contribution in [0.2, 0.25) is 0 Å². The first kappa shape index (κ1) is 19.0. The van der Waals surface area contributed by atoms with Crippen molar-refractivity contribution < 1.29 is 14.6 Å². The van der Waals surface area contributed by atoms with Crippen LogP contribution in [-0.2, 0) is 16.6 Å². The van der Waals surface area contributed by atoms with Crippen LogP contribution in [0.1, 0.15) is 48.6 Å². The molecule has 0 aliphatic carbocycles. The van der Waals surface area contributed by atoms with E-state index in [0.29, 0.717) is 12.2 Å². The van der Waals surface area contributed by atoms with E-state index in [0.717, 1.165) is 22.3 Å². The molecule has 3 nitrogen and oxygen atoms in total. The Morgan fingerprint density at radius 3 is 2.16 bits per heavy atom. The number of ether oxygens (including phenoxy) is 1. The minimum atomic E-state index is -0.942. The lowest BCUT2D eigenvalue weighted by Crippen LogP contribution is -2.31. The highest BCUT2D eigenvalue weighted by molar-refractivity contribution is 5.73. The van der Waals surface area contributed by atoms with Crippen molar-refractivity contribution in [1.82, 2.24) is 0 Å². The first-order chi connectivity index (χ1) is 11.6. The van der Waals surface area contributed by atoms with Crippen molar-refractivity contribution in [3.8, 4) is 5.75 Å². The molecule has 0 aliphatic heterocycles. The molecule has 2 rings (SSSR count). The summed E-state index contributed by atoms with van der Waals surface area (Å²) >= 11 is 0. The number of aryl methyl sites for hydroxylation is 3. The summed E-state index contributed by atoms with van der Waals surface area (Å²) in [6.45, 7) is 12.4. The number of hydrogen-bond donors (Lipinski definition) is 1. The Labute approximate surface area is 150 Å². The van der Waals surface area contributed by atoms with Gasteiger partial charge >= 0.3 is 5.97 Å². The predicted molar refractivity (Wildman–Crippen MR) is 102 cm³/mol. The van der Waals surface area contributed by atoms with E-state index in [1.165, 1.54) is 5.56 Å². The SMILES string of the molecule is Cc1cc(C)c(CC(Oc2ccccc2C(C)(C)C)C(=O)O)c(C)c1. The van der Waals surface area contributed by atoms with Gasteiger partial charge in [-0.2, -0.15) is 0 Å². The summed E-state index contributed by atoms with van der Waals surface area (Å²) < 4.78 is 5.98. The molecule has 1 N–H and O–H groups in total. The second kappa shape index (κ2) is 7.30. The zero-order chi connectivity index (χ0) is 18.8. The van der Waals surface area contributed by atoms with Gasteiger partial charge in [0.15, 0.2) is 6.10 Å². The molecule has 0 amide bonds. The van der Waals surface area contributed by atoms with Crippen LogP contribution in [0.5, 0.6) is 5.75 Å². The number of carbonyl (C=O) groups is 1. The highest BCUT2D eigenvalue weighted by atomic mass is 16.5. The van der Waals surface area contributed by atoms with E-state index >= 15 is 0 Å². The van der Waals surface area contributed by atoms with E-state index in [9.17, 15) is 9.90 Å². The fourth-order valence-corrected chi connectivity index (χ4v) is 3.24. The van der Waals surface area contributed by atoms with Crippen LogP contribution < -0.4 is 4.74 Å². The van der Waals surface area contributed by atoms with Crippen LogP contribution in [0.4, 0.5) is 0 Å². The number of carboxylic acids is 1. The van der Waals surface area contributed by atoms with E-state index in [2.05, 4.69) is 39.8 Å². The summed E-state index contributed by atoms with van der Waals surface area (Å²) in [4.78, 5) is 11.8. The number of carboxylic acid groups (broad SMARTS) is 1. The summed E-state index contributed by atoms with van der Waals surface area (Å²) in [5.41, 5.74) is 5.34. The monoisotopic (exact) mass is 340 g/mol. The van der Waals surface area contributed by atoms with Gasteiger partial charge in [0, 0.05) is 6.42 Å². The fourth-order valence-electron chi connectivity index (χ4n) is 3.24. The van der Waals surface area contributed by atoms with Crippen LogP contribution in [0.25, 0.3) is 0 Å². The van der Waals surface area contributed by atoms with Gasteiger partial charge in [-0.1, -0.05) is 56.7 Å². The van der Waals surface area contributed by atoms with Gasteiger partial charge in [-0.3, -0.25) is 0 Å². The molecule has 134 valence electrons. The van der Waals surface area contributed by atoms with E-state index in [4.69, 9.17) is 4.74 Å². The zero-order valence-corrected chi connectivity index (χ0v) is 16.0. The Morgan fingerprint density at radius 2 is 1.64 bits per heavy atom. The fraction of sp³-hybridized carbons (Fsp3) is 0.409. The maximum atomic E-state index is 11.8. The lowest BCUT2D eigenvalue weighted by molar-refractivity contribution is -0.145. The maximum Gasteiger partial charge on any atom is 0.345 e. The smallest absolute Gasteiger partial charge is 0.345 e. The van der Waals surface area contributed by atoms with Crippen molar-refractivity contribution >= 4 is 5.97 Å². The predicted octanol–water partition coefficient (Wildman–Crippen LogP) is 4.98. The van der Waals surface area contributed by atoms with Gasteiger partial charge in [-0.25, -0.2) is 4.79 Å². The van der Waals surface area contributed by atoms with E-state index in [1.54, 1.807) is 0 Å². The van der Waals surface area contributed by atoms with Crippen LogP contribution >= 0.6 is 0 Å². The van der Waals surface area contributed by atoms with Crippen molar-refractivity contribution in [1.29, 1.82) is 0 Å². The highest BCUT2D eigenvalue weighted by Gasteiger charge is 2.25. The summed E-state index contributed by atoms with van der Waals surface area (Å²) in [5, 5.41) is 9.70. The molecule has 0 fully saturated rings. The average molecular weight is 340 g/mol. The van der Waals surface area contributed by atoms with Crippen molar-refractivity contribution in [2.75, 3.05) is 0 Å². The Kier molecular flexibility index (Phi) is 5.56. The van der Waals surface area contributed by atoms with E-state index < -0.39 is 12.1 Å². The minimum absolute atomic E-state index is 0.116. The molecule has 2 aromatic rings. The Hall–Kier alpha value is -2.29. The van der Waals surface area contributed by atoms with Crippen molar-refractivity contribution in [3.05, 3.63) is 64.2 Å². The molecule has 0 radical (unpaired) electrons. The second-order valence-corrected chi connectivity index (χ2v) is 7.77. The zero-order valence-electron chi connectivity index (χ0n) is 16.0. The molecule has 1 unspecified atom stereocenters. The summed E-state index contributed by atoms with van der Waals surface area (Å²) in [6.07, 6.45) is -0.560. The van der Waals surface area contributed by atoms with Crippen LogP contribution in [0.3, 0.4) is 0 Å². The van der Waals surface area contributed by atoms with E-state index in [-0.39, 0.29) is 5.41 Å². The highest BCUT2D eigenvalue weighted by Crippen LogP contribution is 2.32. The van der Waals surface area contributed by atoms with Gasteiger partial charge in [-0.05, 0) is 54.5 Å². The van der Waals surface area contributed by atoms with Gasteiger partial charge in [-0.15, -0.1) is 0 Å². The maximum absolute atomic E-state index is 11.8. The number of rotatable bonds is 5. The Balaban J connectivity index is 2.35. The molecule has 2 aromatic carbocycles. The summed E-state index contributed by atoms with van der Waals surface area (Å²) in [6, 6.07) is 11.9. The largest absolute Gasteiger partial charge is 0.478 e. The van der Waals surface area contributed by atoms with Crippen LogP contribution in [0.15, 0.2) is 36.4 Å². The third kappa shape index (κ3) is 4.62. The van der Waals surface area contributed by atoms with Crippen LogP contribution in [-0.4, -0.2) is 17.2 Å². The molecule has 1 atom stereocenters. The second-order valence-electron chi connectivity index (χ2n) is 7.77. The summed E-state index contributed by atoms with van der Waals surface area (Å²) in [5.74, 6) is -0.298. The van der Waals surface area contributed by atoms with Crippen molar-refractivity contribution in [2.24, 2.45) is 0 Å². The quantitative estimate of drug-likeness (QED) is 0.834. The molecule has 25 heavy (non-hydrogen) atoms. The standard InChI is InChI=1S/C22H28O3/c1-14-11-15(2)17(16(3)12-14)13-20(21(23)24)25-19-10-8-7-9-18(19)22(4,5)6/h7-12,20H,13H2,1-6H3,(H,23,24). The minimum Gasteiger partial charge on any atom is -0.478 e. The lowest BCUT2D eigenvalue weighted by atomic mass is 9.86. The van der Waals surface area contributed by atoms with Gasteiger partial charge in [0.05, 0.1) is 0 Å². The molecular formula is C22H28O3. The van der Waals surface area contributed by atoms with Crippen LogP contribution in [0, 0.1) is 20.8 Å². The first-order valence-electron chi connectivity index (χ1n) is 8.65. The van der Waals surface area contributed by atoms with Gasteiger partial charge in [0.25, 0.3) is 0 Å². The summed E-state index contributed by atoms with van der Waals surface area (Å²) in [7, 11) is 0. The molecule has 0 bridgehead atoms. The molecular weight excluding hydrogens is 312 g/mol. The van der Waals surface area contributed by atoms with Crippen molar-refractivity contribution in [2.45, 2.75) is 59.5 Å². The average Bonchev–Trinajstić information content (AvgIpc) is 2.48. The molecule has 0 saturated carbocycles. The van der Waals surface area contributed by atoms with Gasteiger partial charge in [0.2, 0.25) is 0 Å². The Morgan fingerprint density at radius 1 is 1.08 bits per heavy atom. The topological polar surface area (TPSA) is 46.5 Å². The lowest BCUT2D eigenvalue weighted by Gasteiger charge is -2.25. The molecule has 3 heteroatoms. The molecule has 0 spiro atoms. The number of aliphatic carboxylic acids is 1. The molecule has 0 aliphatic rings. The third-order valence-electron chi connectivity index (χ3n) is 4.47. The molecule has 0 heterocycles. The van der Waals surface area contributed by atoms with E-state index in [1.807, 2.05) is 38.1 Å². The number of hydrogen-bond acceptors (Lipinski definition) is 2. The molecule has 0 aromatic heterocycles. The normalized spacial score (nSPS) is 12.7. The number of benzene rings is 2. The molecule has 0 saturated heterocycles.